The van der Waals surface area contributed by atoms with E-state index in [4.69, 9.17) is 0 Å². The van der Waals surface area contributed by atoms with E-state index in [9.17, 15) is 0 Å². The molecule has 0 N–H and O–H groups in total. The Morgan fingerprint density at radius 1 is 1.00 bits per heavy atom. The molecule has 2 rings (SSSR count). The van der Waals surface area contributed by atoms with E-state index in [1.807, 2.05) is 5.92 Å². The zero-order chi connectivity index (χ0) is 12.1. The van der Waals surface area contributed by atoms with Crippen LogP contribution in [0.15, 0.2) is 24.8 Å². The van der Waals surface area contributed by atoms with E-state index in [1.54, 1.807) is 5.92 Å². The van der Waals surface area contributed by atoms with E-state index in [2.05, 4.69) is 31.7 Å². The third-order valence-electron chi connectivity index (χ3n) is 4.61. The molecule has 17 heavy (non-hydrogen) atoms. The second-order valence-electron chi connectivity index (χ2n) is 5.66. The standard InChI is InChI=1S/C17H26/c1-3-5-15-8-12-17(13-9-15)16-10-6-14(4-2)7-11-16/h3-5,14,17H,2,6-13H2,1H3/b5-3+. The molecule has 2 fully saturated rings. The van der Waals surface area contributed by atoms with Crippen molar-refractivity contribution in [2.45, 2.75) is 58.3 Å². The summed E-state index contributed by atoms with van der Waals surface area (Å²) in [6.07, 6.45) is 17.7. The molecule has 0 aromatic heterocycles. The van der Waals surface area contributed by atoms with Crippen molar-refractivity contribution in [3.63, 3.8) is 0 Å². The van der Waals surface area contributed by atoms with Crippen molar-refractivity contribution >= 4 is 0 Å². The Balaban J connectivity index is 1.76. The Hall–Kier alpha value is -0.520. The molecule has 0 atom stereocenters. The van der Waals surface area contributed by atoms with Crippen molar-refractivity contribution in [2.24, 2.45) is 11.8 Å². The van der Waals surface area contributed by atoms with Gasteiger partial charge in [-0.2, -0.15) is 0 Å². The van der Waals surface area contributed by atoms with Gasteiger partial charge in [0.05, 0.1) is 0 Å². The van der Waals surface area contributed by atoms with Gasteiger partial charge in [-0.25, -0.2) is 0 Å². The molecule has 0 unspecified atom stereocenters. The summed E-state index contributed by atoms with van der Waals surface area (Å²) in [5.74, 6) is 5.29. The lowest BCUT2D eigenvalue weighted by molar-refractivity contribution is 0.320. The summed E-state index contributed by atoms with van der Waals surface area (Å²) in [5.41, 5.74) is 0. The zero-order valence-electron chi connectivity index (χ0n) is 11.3. The first-order valence-electron chi connectivity index (χ1n) is 7.28. The van der Waals surface area contributed by atoms with E-state index in [0.29, 0.717) is 0 Å². The summed E-state index contributed by atoms with van der Waals surface area (Å²) in [7, 11) is 0. The molecule has 0 nitrogen and oxygen atoms in total. The fraction of sp³-hybridized carbons (Fsp3) is 0.647. The summed E-state index contributed by atoms with van der Waals surface area (Å²) in [5, 5.41) is 0. The monoisotopic (exact) mass is 230 g/mol. The largest absolute Gasteiger partial charge is 0.103 e. The molecule has 2 aliphatic rings. The quantitative estimate of drug-likeness (QED) is 0.579. The van der Waals surface area contributed by atoms with Gasteiger partial charge in [0.2, 0.25) is 0 Å². The molecule has 94 valence electrons. The van der Waals surface area contributed by atoms with Gasteiger partial charge in [-0.15, -0.1) is 6.58 Å². The summed E-state index contributed by atoms with van der Waals surface area (Å²) in [6.45, 7) is 6.06. The molecule has 0 spiro atoms. The lowest BCUT2D eigenvalue weighted by atomic mass is 9.69. The van der Waals surface area contributed by atoms with Crippen molar-refractivity contribution in [1.82, 2.24) is 0 Å². The highest BCUT2D eigenvalue weighted by Gasteiger charge is 2.29. The van der Waals surface area contributed by atoms with Crippen LogP contribution in [-0.4, -0.2) is 0 Å². The first-order valence-corrected chi connectivity index (χ1v) is 7.28. The fourth-order valence-corrected chi connectivity index (χ4v) is 3.45. The average molecular weight is 230 g/mol. The van der Waals surface area contributed by atoms with Gasteiger partial charge in [-0.05, 0) is 82.0 Å². The van der Waals surface area contributed by atoms with E-state index in [1.165, 1.54) is 51.4 Å². The first-order chi connectivity index (χ1) is 8.33. The number of allylic oxidation sites excluding steroid dienone is 3. The summed E-state index contributed by atoms with van der Waals surface area (Å²) < 4.78 is 0. The topological polar surface area (TPSA) is 0 Å². The molecule has 0 aliphatic heterocycles. The number of hydrogen-bond donors (Lipinski definition) is 0. The van der Waals surface area contributed by atoms with Crippen LogP contribution in [0, 0.1) is 23.7 Å². The zero-order valence-corrected chi connectivity index (χ0v) is 11.3. The van der Waals surface area contributed by atoms with Crippen molar-refractivity contribution in [3.05, 3.63) is 36.6 Å². The fourth-order valence-electron chi connectivity index (χ4n) is 3.45. The Bertz CT molecular complexity index is 247. The van der Waals surface area contributed by atoms with Crippen LogP contribution in [0.2, 0.25) is 0 Å². The van der Waals surface area contributed by atoms with Gasteiger partial charge in [0.15, 0.2) is 0 Å². The highest BCUT2D eigenvalue weighted by molar-refractivity contribution is 5.14. The molecule has 0 amide bonds. The molecule has 0 aromatic rings. The van der Waals surface area contributed by atoms with E-state index in [0.717, 1.165) is 11.8 Å². The van der Waals surface area contributed by atoms with Crippen LogP contribution in [0.3, 0.4) is 0 Å². The predicted octanol–water partition coefficient (Wildman–Crippen LogP) is 5.28. The van der Waals surface area contributed by atoms with Crippen LogP contribution >= 0.6 is 0 Å². The second kappa shape index (κ2) is 6.42. The van der Waals surface area contributed by atoms with Crippen LogP contribution in [-0.2, 0) is 0 Å². The van der Waals surface area contributed by atoms with Crippen molar-refractivity contribution in [3.8, 4) is 0 Å². The van der Waals surface area contributed by atoms with Gasteiger partial charge in [0.1, 0.15) is 0 Å². The smallest absolute Gasteiger partial charge is 0.00272 e. The first kappa shape index (κ1) is 12.9. The van der Waals surface area contributed by atoms with Gasteiger partial charge in [-0.3, -0.25) is 0 Å². The van der Waals surface area contributed by atoms with Gasteiger partial charge < -0.3 is 0 Å². The maximum atomic E-state index is 3.93. The van der Waals surface area contributed by atoms with Crippen molar-refractivity contribution in [2.75, 3.05) is 0 Å². The Kier molecular flexibility index (Phi) is 4.88. The van der Waals surface area contributed by atoms with Crippen molar-refractivity contribution in [1.29, 1.82) is 0 Å². The number of rotatable bonds is 3. The molecule has 2 radical (unpaired) electrons. The highest BCUT2D eigenvalue weighted by Crippen LogP contribution is 2.43. The molecule has 0 heteroatoms. The highest BCUT2D eigenvalue weighted by atomic mass is 14.3. The predicted molar refractivity (Wildman–Crippen MR) is 75.4 cm³/mol. The van der Waals surface area contributed by atoms with Crippen LogP contribution in [0.4, 0.5) is 0 Å². The third-order valence-corrected chi connectivity index (χ3v) is 4.61. The molecule has 0 heterocycles. The van der Waals surface area contributed by atoms with Crippen LogP contribution in [0.1, 0.15) is 58.3 Å². The van der Waals surface area contributed by atoms with Gasteiger partial charge >= 0.3 is 0 Å². The van der Waals surface area contributed by atoms with Crippen LogP contribution < -0.4 is 0 Å². The minimum Gasteiger partial charge on any atom is -0.103 e. The Morgan fingerprint density at radius 3 is 2.18 bits per heavy atom. The lowest BCUT2D eigenvalue weighted by Gasteiger charge is -2.36. The van der Waals surface area contributed by atoms with E-state index >= 15 is 0 Å². The second-order valence-corrected chi connectivity index (χ2v) is 5.66. The molecule has 0 saturated heterocycles. The number of hydrogen-bond acceptors (Lipinski definition) is 0. The van der Waals surface area contributed by atoms with Crippen LogP contribution in [0.5, 0.6) is 0 Å². The molecule has 2 aliphatic carbocycles. The summed E-state index contributed by atoms with van der Waals surface area (Å²) >= 11 is 0. The van der Waals surface area contributed by atoms with Crippen LogP contribution in [0.25, 0.3) is 0 Å². The molecule has 0 bridgehead atoms. The maximum Gasteiger partial charge on any atom is -0.00272 e. The Morgan fingerprint density at radius 2 is 1.65 bits per heavy atom. The normalized spacial score (nSPS) is 26.6. The Labute approximate surface area is 107 Å². The van der Waals surface area contributed by atoms with Gasteiger partial charge in [0, 0.05) is 0 Å². The van der Waals surface area contributed by atoms with E-state index in [-0.39, 0.29) is 0 Å². The van der Waals surface area contributed by atoms with Crippen molar-refractivity contribution < 1.29 is 0 Å². The van der Waals surface area contributed by atoms with Gasteiger partial charge in [-0.1, -0.05) is 18.2 Å². The lowest BCUT2D eigenvalue weighted by Crippen LogP contribution is -2.23. The molecular weight excluding hydrogens is 204 g/mol. The third kappa shape index (κ3) is 3.47. The SMILES string of the molecule is C=CC1CC[C](C2CC[C](/C=C/C)CC2)CC1. The minimum absolute atomic E-state index is 0.799. The summed E-state index contributed by atoms with van der Waals surface area (Å²) in [4.78, 5) is 0. The molecular formula is C17H26. The summed E-state index contributed by atoms with van der Waals surface area (Å²) in [6, 6.07) is 0. The van der Waals surface area contributed by atoms with Gasteiger partial charge in [0.25, 0.3) is 0 Å². The van der Waals surface area contributed by atoms with E-state index < -0.39 is 0 Å². The molecule has 2 saturated carbocycles. The average Bonchev–Trinajstić information content (AvgIpc) is 2.40. The maximum absolute atomic E-state index is 3.93. The molecule has 0 aromatic carbocycles. The minimum atomic E-state index is 0.799.